The van der Waals surface area contributed by atoms with E-state index in [2.05, 4.69) is 11.6 Å². The maximum atomic E-state index is 12.1. The number of hydrogen-bond donors (Lipinski definition) is 1. The number of hydrogen-bond acceptors (Lipinski definition) is 3. The molecule has 18 heavy (non-hydrogen) atoms. The Morgan fingerprint density at radius 2 is 2.06 bits per heavy atom. The van der Waals surface area contributed by atoms with Crippen LogP contribution in [-0.4, -0.2) is 14.5 Å². The molecule has 1 unspecified atom stereocenters. The van der Waals surface area contributed by atoms with Gasteiger partial charge in [-0.25, -0.2) is 13.1 Å². The van der Waals surface area contributed by atoms with Crippen LogP contribution < -0.4 is 4.72 Å². The molecule has 0 radical (unpaired) electrons. The number of sulfonamides is 1. The molecule has 0 heterocycles. The Kier molecular flexibility index (Phi) is 5.32. The van der Waals surface area contributed by atoms with E-state index < -0.39 is 10.0 Å². The molecular weight excluding hydrogens is 248 g/mol. The van der Waals surface area contributed by atoms with Crippen LogP contribution in [0.2, 0.25) is 0 Å². The van der Waals surface area contributed by atoms with Crippen molar-refractivity contribution in [1.29, 1.82) is 5.26 Å². The highest BCUT2D eigenvalue weighted by Gasteiger charge is 2.20. The summed E-state index contributed by atoms with van der Waals surface area (Å²) in [6.45, 7) is 3.90. The summed E-state index contributed by atoms with van der Waals surface area (Å²) in [5.74, 6) is 0. The van der Waals surface area contributed by atoms with Gasteiger partial charge in [-0.1, -0.05) is 31.9 Å². The zero-order valence-corrected chi connectivity index (χ0v) is 11.5. The summed E-state index contributed by atoms with van der Waals surface area (Å²) in [4.78, 5) is 0.0517. The van der Waals surface area contributed by atoms with E-state index >= 15 is 0 Å². The summed E-state index contributed by atoms with van der Waals surface area (Å²) >= 11 is 0. The van der Waals surface area contributed by atoms with Crippen molar-refractivity contribution >= 4 is 10.0 Å². The molecule has 0 fully saturated rings. The number of rotatable bonds is 6. The fourth-order valence-corrected chi connectivity index (χ4v) is 3.13. The quantitative estimate of drug-likeness (QED) is 0.859. The van der Waals surface area contributed by atoms with Gasteiger partial charge in [-0.15, -0.1) is 0 Å². The van der Waals surface area contributed by atoms with Gasteiger partial charge in [-0.2, -0.15) is 5.26 Å². The lowest BCUT2D eigenvalue weighted by molar-refractivity contribution is 0.534. The van der Waals surface area contributed by atoms with Crippen LogP contribution >= 0.6 is 0 Å². The average Bonchev–Trinajstić information content (AvgIpc) is 2.35. The van der Waals surface area contributed by atoms with Gasteiger partial charge in [0.1, 0.15) is 6.07 Å². The van der Waals surface area contributed by atoms with Gasteiger partial charge < -0.3 is 0 Å². The van der Waals surface area contributed by atoms with Crippen molar-refractivity contribution in [2.75, 3.05) is 0 Å². The predicted octanol–water partition coefficient (Wildman–Crippen LogP) is 2.42. The van der Waals surface area contributed by atoms with Gasteiger partial charge in [-0.05, 0) is 25.5 Å². The summed E-state index contributed by atoms with van der Waals surface area (Å²) < 4.78 is 26.8. The SMILES string of the molecule is CCCCC(C)NS(=O)(=O)c1ccccc1C#N. The molecule has 1 aromatic carbocycles. The van der Waals surface area contributed by atoms with Gasteiger partial charge in [0.2, 0.25) is 10.0 Å². The topological polar surface area (TPSA) is 70.0 Å². The number of nitrogens with zero attached hydrogens (tertiary/aromatic N) is 1. The molecule has 0 saturated carbocycles. The third-order valence-electron chi connectivity index (χ3n) is 2.64. The van der Waals surface area contributed by atoms with Crippen LogP contribution in [0.25, 0.3) is 0 Å². The second-order valence-corrected chi connectivity index (χ2v) is 5.95. The summed E-state index contributed by atoms with van der Waals surface area (Å²) in [5.41, 5.74) is 0.174. The van der Waals surface area contributed by atoms with Crippen LogP contribution in [0.4, 0.5) is 0 Å². The molecule has 0 bridgehead atoms. The molecule has 0 spiro atoms. The highest BCUT2D eigenvalue weighted by atomic mass is 32.2. The van der Waals surface area contributed by atoms with Crippen molar-refractivity contribution in [3.63, 3.8) is 0 Å². The molecule has 1 aromatic rings. The molecule has 0 aliphatic rings. The fourth-order valence-electron chi connectivity index (χ4n) is 1.69. The highest BCUT2D eigenvalue weighted by molar-refractivity contribution is 7.89. The summed E-state index contributed by atoms with van der Waals surface area (Å²) in [5, 5.41) is 8.92. The fraction of sp³-hybridized carbons (Fsp3) is 0.462. The first-order valence-corrected chi connectivity index (χ1v) is 7.51. The van der Waals surface area contributed by atoms with Crippen molar-refractivity contribution in [1.82, 2.24) is 4.72 Å². The van der Waals surface area contributed by atoms with Gasteiger partial charge in [0.25, 0.3) is 0 Å². The van der Waals surface area contributed by atoms with Crippen LogP contribution in [0.1, 0.15) is 38.7 Å². The van der Waals surface area contributed by atoms with Crippen molar-refractivity contribution in [3.8, 4) is 6.07 Å². The number of unbranched alkanes of at least 4 members (excludes halogenated alkanes) is 1. The Labute approximate surface area is 109 Å². The first kappa shape index (κ1) is 14.7. The third kappa shape index (κ3) is 3.83. The predicted molar refractivity (Wildman–Crippen MR) is 70.5 cm³/mol. The number of nitrogens with one attached hydrogen (secondary N) is 1. The van der Waals surface area contributed by atoms with E-state index in [4.69, 9.17) is 5.26 Å². The Hall–Kier alpha value is -1.38. The molecular formula is C13H18N2O2S. The first-order chi connectivity index (χ1) is 8.51. The van der Waals surface area contributed by atoms with Gasteiger partial charge >= 0.3 is 0 Å². The Morgan fingerprint density at radius 3 is 2.67 bits per heavy atom. The van der Waals surface area contributed by atoms with E-state index in [-0.39, 0.29) is 16.5 Å². The van der Waals surface area contributed by atoms with E-state index in [1.807, 2.05) is 13.0 Å². The van der Waals surface area contributed by atoms with Crippen molar-refractivity contribution in [2.24, 2.45) is 0 Å². The third-order valence-corrected chi connectivity index (χ3v) is 4.29. The van der Waals surface area contributed by atoms with Crippen molar-refractivity contribution < 1.29 is 8.42 Å². The molecule has 0 saturated heterocycles. The van der Waals surface area contributed by atoms with E-state index in [1.54, 1.807) is 12.1 Å². The second-order valence-electron chi connectivity index (χ2n) is 4.27. The normalized spacial score (nSPS) is 12.9. The standard InChI is InChI=1S/C13H18N2O2S/c1-3-4-7-11(2)15-18(16,17)13-9-6-5-8-12(13)10-14/h5-6,8-9,11,15H,3-4,7H2,1-2H3. The van der Waals surface area contributed by atoms with Gasteiger partial charge in [0.15, 0.2) is 0 Å². The molecule has 1 N–H and O–H groups in total. The second kappa shape index (κ2) is 6.53. The van der Waals surface area contributed by atoms with Crippen LogP contribution in [0.5, 0.6) is 0 Å². The molecule has 4 nitrogen and oxygen atoms in total. The van der Waals surface area contributed by atoms with Crippen molar-refractivity contribution in [2.45, 2.75) is 44.0 Å². The van der Waals surface area contributed by atoms with Gasteiger partial charge in [0, 0.05) is 6.04 Å². The zero-order valence-electron chi connectivity index (χ0n) is 10.7. The van der Waals surface area contributed by atoms with Crippen LogP contribution in [0.3, 0.4) is 0 Å². The highest BCUT2D eigenvalue weighted by Crippen LogP contribution is 2.15. The lowest BCUT2D eigenvalue weighted by Gasteiger charge is -2.14. The molecule has 0 aliphatic carbocycles. The molecule has 5 heteroatoms. The molecule has 1 rings (SSSR count). The van der Waals surface area contributed by atoms with Crippen LogP contribution in [-0.2, 0) is 10.0 Å². The summed E-state index contributed by atoms with van der Waals surface area (Å²) in [6, 6.07) is 8.00. The lowest BCUT2D eigenvalue weighted by atomic mass is 10.2. The molecule has 0 amide bonds. The Bertz CT molecular complexity index is 532. The summed E-state index contributed by atoms with van der Waals surface area (Å²) in [6.07, 6.45) is 2.80. The zero-order chi connectivity index (χ0) is 13.6. The van der Waals surface area contributed by atoms with Gasteiger partial charge in [0.05, 0.1) is 10.5 Å². The minimum atomic E-state index is -3.61. The minimum Gasteiger partial charge on any atom is -0.208 e. The van der Waals surface area contributed by atoms with E-state index in [9.17, 15) is 8.42 Å². The van der Waals surface area contributed by atoms with E-state index in [0.29, 0.717) is 0 Å². The molecule has 98 valence electrons. The first-order valence-electron chi connectivity index (χ1n) is 6.02. The Morgan fingerprint density at radius 1 is 1.39 bits per heavy atom. The largest absolute Gasteiger partial charge is 0.242 e. The molecule has 0 aromatic heterocycles. The van der Waals surface area contributed by atoms with E-state index in [1.165, 1.54) is 12.1 Å². The van der Waals surface area contributed by atoms with Gasteiger partial charge in [-0.3, -0.25) is 0 Å². The maximum Gasteiger partial charge on any atom is 0.242 e. The number of benzene rings is 1. The summed E-state index contributed by atoms with van der Waals surface area (Å²) in [7, 11) is -3.61. The van der Waals surface area contributed by atoms with Crippen LogP contribution in [0, 0.1) is 11.3 Å². The molecule has 0 aliphatic heterocycles. The average molecular weight is 266 g/mol. The Balaban J connectivity index is 2.90. The van der Waals surface area contributed by atoms with E-state index in [0.717, 1.165) is 19.3 Å². The number of nitriles is 1. The van der Waals surface area contributed by atoms with Crippen LogP contribution in [0.15, 0.2) is 29.2 Å². The lowest BCUT2D eigenvalue weighted by Crippen LogP contribution is -2.32. The molecule has 1 atom stereocenters. The smallest absolute Gasteiger partial charge is 0.208 e. The van der Waals surface area contributed by atoms with Crippen molar-refractivity contribution in [3.05, 3.63) is 29.8 Å². The maximum absolute atomic E-state index is 12.1. The minimum absolute atomic E-state index is 0.0517. The monoisotopic (exact) mass is 266 g/mol.